The molecule has 0 aliphatic heterocycles. The van der Waals surface area contributed by atoms with Crippen molar-refractivity contribution in [3.63, 3.8) is 0 Å². The van der Waals surface area contributed by atoms with Gasteiger partial charge in [0.1, 0.15) is 6.61 Å². The number of rotatable bonds is 2. The lowest BCUT2D eigenvalue weighted by molar-refractivity contribution is 0.199. The Kier molecular flexibility index (Phi) is 3.08. The summed E-state index contributed by atoms with van der Waals surface area (Å²) in [6.07, 6.45) is 0. The fourth-order valence-corrected chi connectivity index (χ4v) is 0.0722. The molecule has 1 N–H and O–H groups in total. The van der Waals surface area contributed by atoms with Gasteiger partial charge in [0.05, 0.1) is 6.04 Å². The van der Waals surface area contributed by atoms with Crippen LogP contribution >= 0.6 is 0 Å². The number of hydrogen-bond acceptors (Lipinski definition) is 1. The summed E-state index contributed by atoms with van der Waals surface area (Å²) >= 11 is 0. The molecule has 0 unspecified atom stereocenters. The van der Waals surface area contributed by atoms with E-state index in [9.17, 15) is 5.11 Å². The Morgan fingerprint density at radius 3 is 2.33 bits per heavy atom. The zero-order valence-electron chi connectivity index (χ0n) is 4.12. The number of nitrogens with one attached hydrogen (secondary N) is 1. The van der Waals surface area contributed by atoms with Crippen molar-refractivity contribution < 1.29 is 5.11 Å². The molecule has 0 atom stereocenters. The van der Waals surface area contributed by atoms with Gasteiger partial charge in [-0.1, -0.05) is 0 Å². The first-order valence-electron chi connectivity index (χ1n) is 1.89. The van der Waals surface area contributed by atoms with Gasteiger partial charge >= 0.3 is 0 Å². The Bertz CT molecular complexity index is 26.7. The molecule has 2 radical (unpaired) electrons. The van der Waals surface area contributed by atoms with E-state index in [2.05, 4.69) is 5.32 Å². The summed E-state index contributed by atoms with van der Waals surface area (Å²) in [5.74, 6) is 0. The van der Waals surface area contributed by atoms with Gasteiger partial charge in [-0.25, -0.2) is 5.11 Å². The molecule has 0 spiro atoms. The molecule has 0 saturated carbocycles. The summed E-state index contributed by atoms with van der Waals surface area (Å²) in [4.78, 5) is 0. The van der Waals surface area contributed by atoms with E-state index in [4.69, 9.17) is 0 Å². The van der Waals surface area contributed by atoms with E-state index in [0.29, 0.717) is 0 Å². The molecule has 0 aromatic heterocycles. The fraction of sp³-hybridized carbons (Fsp3) is 0.750. The third-order valence-corrected chi connectivity index (χ3v) is 0.643. The first-order chi connectivity index (χ1) is 2.81. The van der Waals surface area contributed by atoms with Crippen LogP contribution in [0.15, 0.2) is 0 Å². The molecular formula is C4H9NO. The zero-order valence-corrected chi connectivity index (χ0v) is 4.12. The van der Waals surface area contributed by atoms with Crippen LogP contribution in [0, 0.1) is 6.04 Å². The third kappa shape index (κ3) is 2.18. The van der Waals surface area contributed by atoms with E-state index in [0.717, 1.165) is 6.04 Å². The maximum atomic E-state index is 9.76. The molecule has 0 heterocycles. The fourth-order valence-electron chi connectivity index (χ4n) is 0.0722. The van der Waals surface area contributed by atoms with E-state index >= 15 is 0 Å². The molecule has 0 aliphatic carbocycles. The average Bonchev–Trinajstić information content (AvgIpc) is 1.65. The molecule has 0 amide bonds. The minimum Gasteiger partial charge on any atom is -0.311 e. The SMILES string of the molecule is CN[C](C)C[O]. The Labute approximate surface area is 38.2 Å². The first-order valence-corrected chi connectivity index (χ1v) is 1.89. The van der Waals surface area contributed by atoms with Crippen LogP contribution in [0.3, 0.4) is 0 Å². The first kappa shape index (κ1) is 5.92. The second-order valence-electron chi connectivity index (χ2n) is 1.17. The monoisotopic (exact) mass is 87.1 g/mol. The Morgan fingerprint density at radius 2 is 2.33 bits per heavy atom. The average molecular weight is 87.1 g/mol. The van der Waals surface area contributed by atoms with Gasteiger partial charge < -0.3 is 5.32 Å². The predicted molar refractivity (Wildman–Crippen MR) is 23.5 cm³/mol. The van der Waals surface area contributed by atoms with Crippen molar-refractivity contribution in [3.8, 4) is 0 Å². The molecule has 0 fully saturated rings. The van der Waals surface area contributed by atoms with Crippen molar-refractivity contribution in [2.24, 2.45) is 0 Å². The molecule has 36 valence electrons. The van der Waals surface area contributed by atoms with E-state index in [1.807, 2.05) is 0 Å². The van der Waals surface area contributed by atoms with E-state index < -0.39 is 0 Å². The quantitative estimate of drug-likeness (QED) is 0.512. The number of hydrogen-bond donors (Lipinski definition) is 1. The van der Waals surface area contributed by atoms with Crippen molar-refractivity contribution in [2.45, 2.75) is 6.92 Å². The Balaban J connectivity index is 2.75. The molecule has 6 heavy (non-hydrogen) atoms. The van der Waals surface area contributed by atoms with E-state index in [-0.39, 0.29) is 6.61 Å². The largest absolute Gasteiger partial charge is 0.311 e. The highest BCUT2D eigenvalue weighted by atomic mass is 16.3. The van der Waals surface area contributed by atoms with Crippen LogP contribution in [-0.4, -0.2) is 13.7 Å². The lowest BCUT2D eigenvalue weighted by atomic mass is 10.4. The minimum atomic E-state index is -0.115. The van der Waals surface area contributed by atoms with Crippen LogP contribution in [0.1, 0.15) is 6.92 Å². The summed E-state index contributed by atoms with van der Waals surface area (Å²) in [7, 11) is 1.74. The van der Waals surface area contributed by atoms with Crippen LogP contribution in [0.25, 0.3) is 0 Å². The molecule has 0 aromatic rings. The molecular weight excluding hydrogens is 78.0 g/mol. The van der Waals surface area contributed by atoms with Crippen molar-refractivity contribution in [2.75, 3.05) is 13.7 Å². The molecule has 0 aliphatic rings. The molecule has 2 nitrogen and oxygen atoms in total. The molecule has 0 bridgehead atoms. The van der Waals surface area contributed by atoms with Crippen LogP contribution < -0.4 is 5.32 Å². The van der Waals surface area contributed by atoms with Crippen molar-refractivity contribution >= 4 is 0 Å². The topological polar surface area (TPSA) is 31.9 Å². The van der Waals surface area contributed by atoms with Crippen LogP contribution in [-0.2, 0) is 5.11 Å². The number of likely N-dealkylation sites (N-methyl/N-ethyl adjacent to an activating group) is 1. The minimum absolute atomic E-state index is 0.115. The molecule has 0 aromatic carbocycles. The molecule has 0 saturated heterocycles. The highest BCUT2D eigenvalue weighted by Crippen LogP contribution is 1.83. The zero-order chi connectivity index (χ0) is 4.99. The summed E-state index contributed by atoms with van der Waals surface area (Å²) in [6, 6.07) is 0.787. The highest BCUT2D eigenvalue weighted by Gasteiger charge is 1.91. The maximum absolute atomic E-state index is 9.76. The van der Waals surface area contributed by atoms with Crippen LogP contribution in [0.4, 0.5) is 0 Å². The van der Waals surface area contributed by atoms with Crippen molar-refractivity contribution in [1.82, 2.24) is 5.32 Å². The summed E-state index contributed by atoms with van der Waals surface area (Å²) in [6.45, 7) is 1.66. The van der Waals surface area contributed by atoms with E-state index in [1.165, 1.54) is 0 Å². The Hall–Kier alpha value is -0.0800. The van der Waals surface area contributed by atoms with Crippen LogP contribution in [0.2, 0.25) is 0 Å². The van der Waals surface area contributed by atoms with Gasteiger partial charge in [0.25, 0.3) is 0 Å². The van der Waals surface area contributed by atoms with Crippen molar-refractivity contribution in [3.05, 3.63) is 6.04 Å². The smallest absolute Gasteiger partial charge is 0.102 e. The predicted octanol–water partition coefficient (Wildman–Crippen LogP) is 0.188. The molecule has 0 rings (SSSR count). The van der Waals surface area contributed by atoms with Gasteiger partial charge in [0, 0.05) is 0 Å². The van der Waals surface area contributed by atoms with Gasteiger partial charge in [0.2, 0.25) is 0 Å². The van der Waals surface area contributed by atoms with Gasteiger partial charge in [-0.05, 0) is 14.0 Å². The second kappa shape index (κ2) is 3.12. The van der Waals surface area contributed by atoms with Gasteiger partial charge in [-0.15, -0.1) is 0 Å². The summed E-state index contributed by atoms with van der Waals surface area (Å²) in [5.41, 5.74) is 0. The third-order valence-electron chi connectivity index (χ3n) is 0.643. The van der Waals surface area contributed by atoms with Gasteiger partial charge in [0.15, 0.2) is 0 Å². The maximum Gasteiger partial charge on any atom is 0.102 e. The highest BCUT2D eigenvalue weighted by molar-refractivity contribution is 4.75. The summed E-state index contributed by atoms with van der Waals surface area (Å²) < 4.78 is 0. The lowest BCUT2D eigenvalue weighted by Crippen LogP contribution is -2.14. The van der Waals surface area contributed by atoms with Gasteiger partial charge in [-0.3, -0.25) is 0 Å². The Morgan fingerprint density at radius 1 is 1.83 bits per heavy atom. The summed E-state index contributed by atoms with van der Waals surface area (Å²) in [5, 5.41) is 12.5. The molecule has 2 heteroatoms. The normalized spacial score (nSPS) is 10.0. The van der Waals surface area contributed by atoms with Crippen LogP contribution in [0.5, 0.6) is 0 Å². The lowest BCUT2D eigenvalue weighted by Gasteiger charge is -1.98. The van der Waals surface area contributed by atoms with Gasteiger partial charge in [-0.2, -0.15) is 0 Å². The van der Waals surface area contributed by atoms with Crippen molar-refractivity contribution in [1.29, 1.82) is 0 Å². The van der Waals surface area contributed by atoms with E-state index in [1.54, 1.807) is 14.0 Å². The standard InChI is InChI=1S/C4H9NO/c1-4(3-6)5-2/h5H,3H2,1-2H3. The second-order valence-corrected chi connectivity index (χ2v) is 1.17.